The highest BCUT2D eigenvalue weighted by Gasteiger charge is 2.41. The van der Waals surface area contributed by atoms with E-state index < -0.39 is 0 Å². The molecule has 3 aliphatic carbocycles. The van der Waals surface area contributed by atoms with Gasteiger partial charge in [0.2, 0.25) is 0 Å². The van der Waals surface area contributed by atoms with Gasteiger partial charge in [0.1, 0.15) is 0 Å². The number of benzene rings is 2. The first-order chi connectivity index (χ1) is 11.4. The van der Waals surface area contributed by atoms with E-state index >= 15 is 0 Å². The molecule has 0 N–H and O–H groups in total. The van der Waals surface area contributed by atoms with Crippen molar-refractivity contribution in [3.05, 3.63) is 99.0 Å². The highest BCUT2D eigenvalue weighted by molar-refractivity contribution is 7.09. The van der Waals surface area contributed by atoms with Crippen LogP contribution in [0.3, 0.4) is 0 Å². The van der Waals surface area contributed by atoms with Crippen LogP contribution in [0.2, 0.25) is 0 Å². The van der Waals surface area contributed by atoms with Gasteiger partial charge in [0.25, 0.3) is 0 Å². The molecule has 0 saturated heterocycles. The number of nitrogens with zero attached hydrogens (tertiary/aromatic N) is 1. The second-order valence-corrected chi connectivity index (χ2v) is 7.22. The average molecular weight is 311 g/mol. The Morgan fingerprint density at radius 2 is 1.30 bits per heavy atom. The van der Waals surface area contributed by atoms with Gasteiger partial charge in [0.05, 0.1) is 0 Å². The molecule has 4 aromatic rings. The fourth-order valence-corrected chi connectivity index (χ4v) is 5.29. The Morgan fingerprint density at radius 1 is 0.696 bits per heavy atom. The summed E-state index contributed by atoms with van der Waals surface area (Å²) in [6, 6.07) is 16.0. The van der Waals surface area contributed by atoms with E-state index in [0.29, 0.717) is 11.8 Å². The summed E-state index contributed by atoms with van der Waals surface area (Å²) in [5, 5.41) is 7.25. The molecule has 0 saturated carbocycles. The Morgan fingerprint density at radius 3 is 2.00 bits per heavy atom. The van der Waals surface area contributed by atoms with E-state index in [4.69, 9.17) is 0 Å². The lowest BCUT2D eigenvalue weighted by molar-refractivity contribution is 0.750. The van der Waals surface area contributed by atoms with Crippen molar-refractivity contribution in [3.8, 4) is 0 Å². The molecule has 2 atom stereocenters. The minimum atomic E-state index is 0.333. The van der Waals surface area contributed by atoms with Crippen molar-refractivity contribution in [1.82, 2.24) is 4.98 Å². The number of rotatable bonds is 0. The summed E-state index contributed by atoms with van der Waals surface area (Å²) >= 11 is 1.79. The fraction of sp³-hybridized carbons (Fsp3) is 0.0952. The zero-order chi connectivity index (χ0) is 15.0. The van der Waals surface area contributed by atoms with Crippen LogP contribution < -0.4 is 0 Å². The van der Waals surface area contributed by atoms with Crippen molar-refractivity contribution in [1.29, 1.82) is 0 Å². The summed E-state index contributed by atoms with van der Waals surface area (Å²) in [5.74, 6) is 0.688. The minimum Gasteiger partial charge on any atom is -0.264 e. The third kappa shape index (κ3) is 1.40. The van der Waals surface area contributed by atoms with Gasteiger partial charge in [0.15, 0.2) is 0 Å². The molecule has 0 amide bonds. The maximum atomic E-state index is 4.42. The molecule has 2 aromatic carbocycles. The molecule has 23 heavy (non-hydrogen) atoms. The third-order valence-corrected chi connectivity index (χ3v) is 6.21. The van der Waals surface area contributed by atoms with Gasteiger partial charge in [-0.15, -0.1) is 0 Å². The molecule has 2 heterocycles. The second kappa shape index (κ2) is 4.09. The van der Waals surface area contributed by atoms with Crippen LogP contribution in [0.15, 0.2) is 65.6 Å². The van der Waals surface area contributed by atoms with Gasteiger partial charge in [-0.3, -0.25) is 4.98 Å². The summed E-state index contributed by atoms with van der Waals surface area (Å²) in [5.41, 5.74) is 8.71. The van der Waals surface area contributed by atoms with Crippen LogP contribution in [-0.2, 0) is 0 Å². The Kier molecular flexibility index (Phi) is 2.14. The molecule has 2 unspecified atom stereocenters. The summed E-state index contributed by atoms with van der Waals surface area (Å²) in [6.45, 7) is 0. The first-order valence-electron chi connectivity index (χ1n) is 7.94. The molecule has 0 radical (unpaired) electrons. The number of hydrogen-bond acceptors (Lipinski definition) is 2. The van der Waals surface area contributed by atoms with Crippen LogP contribution >= 0.6 is 11.3 Å². The molecule has 2 aromatic heterocycles. The number of thiophene rings is 1. The van der Waals surface area contributed by atoms with E-state index in [0.717, 1.165) is 0 Å². The predicted octanol–water partition coefficient (Wildman–Crippen LogP) is 5.28. The van der Waals surface area contributed by atoms with Crippen LogP contribution in [0, 0.1) is 0 Å². The van der Waals surface area contributed by atoms with Crippen LogP contribution in [0.1, 0.15) is 45.2 Å². The van der Waals surface area contributed by atoms with Crippen LogP contribution in [0.4, 0.5) is 0 Å². The second-order valence-electron chi connectivity index (χ2n) is 6.48. The lowest BCUT2D eigenvalue weighted by Gasteiger charge is -2.41. The van der Waals surface area contributed by atoms with Crippen molar-refractivity contribution >= 4 is 22.1 Å². The van der Waals surface area contributed by atoms with E-state index in [1.807, 2.05) is 6.20 Å². The SMILES string of the molecule is c1ccc2c(c1)C1c3ccncc3C2c2cc3cscc3cc21. The standard InChI is InChI=1S/C21H13NS/c1-2-4-15-14(3-1)20-16-5-6-22-9-19(16)21(15)18-8-13-11-23-10-12(13)7-17(18)20/h1-11,20-21H. The van der Waals surface area contributed by atoms with Crippen molar-refractivity contribution in [2.75, 3.05) is 0 Å². The first kappa shape index (κ1) is 12.0. The third-order valence-electron chi connectivity index (χ3n) is 5.43. The average Bonchev–Trinajstić information content (AvgIpc) is 3.06. The molecule has 2 heteroatoms. The van der Waals surface area contributed by atoms with Crippen LogP contribution in [-0.4, -0.2) is 4.98 Å². The molecule has 3 aliphatic rings. The van der Waals surface area contributed by atoms with Crippen molar-refractivity contribution < 1.29 is 0 Å². The van der Waals surface area contributed by atoms with Crippen molar-refractivity contribution in [3.63, 3.8) is 0 Å². The highest BCUT2D eigenvalue weighted by Crippen LogP contribution is 2.56. The van der Waals surface area contributed by atoms with Crippen molar-refractivity contribution in [2.24, 2.45) is 0 Å². The van der Waals surface area contributed by atoms with Gasteiger partial charge >= 0.3 is 0 Å². The molecule has 1 nitrogen and oxygen atoms in total. The maximum absolute atomic E-state index is 4.42. The molecule has 0 aliphatic heterocycles. The van der Waals surface area contributed by atoms with E-state index in [1.165, 1.54) is 44.2 Å². The van der Waals surface area contributed by atoms with Crippen LogP contribution in [0.25, 0.3) is 10.8 Å². The van der Waals surface area contributed by atoms with Gasteiger partial charge in [0, 0.05) is 24.2 Å². The van der Waals surface area contributed by atoms with E-state index in [-0.39, 0.29) is 0 Å². The normalized spacial score (nSPS) is 20.2. The number of aromatic nitrogens is 1. The number of pyridine rings is 1. The predicted molar refractivity (Wildman–Crippen MR) is 94.4 cm³/mol. The van der Waals surface area contributed by atoms with Crippen molar-refractivity contribution in [2.45, 2.75) is 11.8 Å². The topological polar surface area (TPSA) is 12.9 Å². The number of fused-ring (bicyclic) bond motifs is 1. The Labute approximate surface area is 138 Å². The van der Waals surface area contributed by atoms with Crippen LogP contribution in [0.5, 0.6) is 0 Å². The Bertz CT molecular complexity index is 960. The molecule has 7 rings (SSSR count). The molecule has 0 spiro atoms. The van der Waals surface area contributed by atoms with Gasteiger partial charge in [-0.05, 0) is 73.1 Å². The summed E-state index contributed by atoms with van der Waals surface area (Å²) in [7, 11) is 0. The molecular formula is C21H13NS. The van der Waals surface area contributed by atoms with Gasteiger partial charge in [-0.1, -0.05) is 24.3 Å². The summed E-state index contributed by atoms with van der Waals surface area (Å²) in [6.07, 6.45) is 4.01. The minimum absolute atomic E-state index is 0.333. The van der Waals surface area contributed by atoms with Gasteiger partial charge < -0.3 is 0 Å². The zero-order valence-electron chi connectivity index (χ0n) is 12.4. The Hall–Kier alpha value is -2.45. The smallest absolute Gasteiger partial charge is 0.0364 e. The Balaban J connectivity index is 1.78. The summed E-state index contributed by atoms with van der Waals surface area (Å²) in [4.78, 5) is 4.42. The lowest BCUT2D eigenvalue weighted by atomic mass is 9.61. The molecule has 0 fully saturated rings. The monoisotopic (exact) mass is 311 g/mol. The van der Waals surface area contributed by atoms with Gasteiger partial charge in [-0.2, -0.15) is 11.3 Å². The maximum Gasteiger partial charge on any atom is 0.0364 e. The molecule has 108 valence electrons. The van der Waals surface area contributed by atoms with E-state index in [9.17, 15) is 0 Å². The largest absolute Gasteiger partial charge is 0.264 e. The quantitative estimate of drug-likeness (QED) is 0.372. The fourth-order valence-electron chi connectivity index (χ4n) is 4.52. The number of hydrogen-bond donors (Lipinski definition) is 0. The van der Waals surface area contributed by atoms with Gasteiger partial charge in [-0.25, -0.2) is 0 Å². The summed E-state index contributed by atoms with van der Waals surface area (Å²) < 4.78 is 0. The van der Waals surface area contributed by atoms with E-state index in [1.54, 1.807) is 11.3 Å². The molecule has 2 bridgehead atoms. The lowest BCUT2D eigenvalue weighted by Crippen LogP contribution is -2.27. The van der Waals surface area contributed by atoms with E-state index in [2.05, 4.69) is 64.4 Å². The zero-order valence-corrected chi connectivity index (χ0v) is 13.2. The first-order valence-corrected chi connectivity index (χ1v) is 8.88. The molecular weight excluding hydrogens is 298 g/mol. The highest BCUT2D eigenvalue weighted by atomic mass is 32.1.